The number of hydrogen-bond acceptors (Lipinski definition) is 7. The second kappa shape index (κ2) is 6.99. The molecule has 2 N–H and O–H groups in total. The Morgan fingerprint density at radius 3 is 3.00 bits per heavy atom. The summed E-state index contributed by atoms with van der Waals surface area (Å²) in [6.45, 7) is 3.31. The number of nitrogens with one attached hydrogen (secondary N) is 2. The molecule has 0 spiro atoms. The standard InChI is InChI=1S/C17H22N6O3/c1-2-10-8-14(24)20-13(18-10)9-23-7-3-4-12(23)17-21-15(22-26-17)16(25)19-11-5-6-11/h8,11-12H,2-7,9H2,1H3,(H,19,25)(H,18,20,24). The van der Waals surface area contributed by atoms with Gasteiger partial charge in [0.15, 0.2) is 0 Å². The van der Waals surface area contributed by atoms with Crippen molar-refractivity contribution in [2.45, 2.75) is 57.7 Å². The minimum absolute atomic E-state index is 0.0689. The van der Waals surface area contributed by atoms with Crippen molar-refractivity contribution >= 4 is 5.91 Å². The maximum atomic E-state index is 12.0. The Bertz CT molecular complexity index is 856. The zero-order valence-electron chi connectivity index (χ0n) is 14.7. The summed E-state index contributed by atoms with van der Waals surface area (Å²) >= 11 is 0. The Morgan fingerprint density at radius 1 is 1.38 bits per heavy atom. The third-order valence-corrected chi connectivity index (χ3v) is 4.76. The van der Waals surface area contributed by atoms with E-state index >= 15 is 0 Å². The third kappa shape index (κ3) is 3.67. The molecule has 1 atom stereocenters. The van der Waals surface area contributed by atoms with Crippen molar-refractivity contribution in [2.75, 3.05) is 6.54 Å². The van der Waals surface area contributed by atoms with E-state index in [9.17, 15) is 9.59 Å². The summed E-state index contributed by atoms with van der Waals surface area (Å²) in [5.41, 5.74) is 0.635. The molecule has 1 aliphatic heterocycles. The van der Waals surface area contributed by atoms with Crippen LogP contribution in [0.4, 0.5) is 0 Å². The highest BCUT2D eigenvalue weighted by molar-refractivity contribution is 5.90. The summed E-state index contributed by atoms with van der Waals surface area (Å²) in [6.07, 6.45) is 4.57. The van der Waals surface area contributed by atoms with Gasteiger partial charge in [-0.25, -0.2) is 4.98 Å². The van der Waals surface area contributed by atoms with Gasteiger partial charge in [0, 0.05) is 17.8 Å². The first-order valence-corrected chi connectivity index (χ1v) is 9.10. The number of carbonyl (C=O) groups is 1. The molecule has 1 saturated heterocycles. The zero-order valence-corrected chi connectivity index (χ0v) is 14.7. The molecule has 9 heteroatoms. The first-order chi connectivity index (χ1) is 12.6. The number of likely N-dealkylation sites (tertiary alicyclic amines) is 1. The molecule has 1 amide bonds. The number of nitrogens with zero attached hydrogens (tertiary/aromatic N) is 4. The summed E-state index contributed by atoms with van der Waals surface area (Å²) in [6, 6.07) is 1.70. The van der Waals surface area contributed by atoms with Crippen LogP contribution in [-0.2, 0) is 13.0 Å². The van der Waals surface area contributed by atoms with E-state index in [2.05, 4.69) is 30.3 Å². The molecule has 26 heavy (non-hydrogen) atoms. The number of hydrogen-bond donors (Lipinski definition) is 2. The van der Waals surface area contributed by atoms with Crippen LogP contribution < -0.4 is 10.9 Å². The van der Waals surface area contributed by atoms with Crippen LogP contribution in [0.3, 0.4) is 0 Å². The monoisotopic (exact) mass is 358 g/mol. The molecule has 1 unspecified atom stereocenters. The molecule has 2 aromatic heterocycles. The molecule has 0 aromatic carbocycles. The number of H-pyrrole nitrogens is 1. The summed E-state index contributed by atoms with van der Waals surface area (Å²) in [7, 11) is 0. The lowest BCUT2D eigenvalue weighted by Crippen LogP contribution is -2.27. The van der Waals surface area contributed by atoms with E-state index in [4.69, 9.17) is 4.52 Å². The lowest BCUT2D eigenvalue weighted by atomic mass is 10.2. The van der Waals surface area contributed by atoms with E-state index in [1.54, 1.807) is 0 Å². The molecule has 0 bridgehead atoms. The Morgan fingerprint density at radius 2 is 2.23 bits per heavy atom. The largest absolute Gasteiger partial charge is 0.346 e. The van der Waals surface area contributed by atoms with Gasteiger partial charge < -0.3 is 14.8 Å². The Kier molecular flexibility index (Phi) is 4.54. The second-order valence-electron chi connectivity index (χ2n) is 6.87. The zero-order chi connectivity index (χ0) is 18.1. The van der Waals surface area contributed by atoms with Gasteiger partial charge in [0.25, 0.3) is 17.3 Å². The number of aromatic amines is 1. The number of amides is 1. The average molecular weight is 358 g/mol. The van der Waals surface area contributed by atoms with E-state index in [1.807, 2.05) is 6.92 Å². The highest BCUT2D eigenvalue weighted by Gasteiger charge is 2.33. The molecule has 2 aromatic rings. The van der Waals surface area contributed by atoms with Crippen molar-refractivity contribution in [3.05, 3.63) is 39.7 Å². The average Bonchev–Trinajstić information content (AvgIpc) is 3.10. The van der Waals surface area contributed by atoms with Crippen molar-refractivity contribution in [2.24, 2.45) is 0 Å². The van der Waals surface area contributed by atoms with Gasteiger partial charge >= 0.3 is 0 Å². The van der Waals surface area contributed by atoms with Gasteiger partial charge in [-0.05, 0) is 38.6 Å². The van der Waals surface area contributed by atoms with E-state index in [-0.39, 0.29) is 29.4 Å². The predicted octanol–water partition coefficient (Wildman–Crippen LogP) is 0.945. The number of aromatic nitrogens is 4. The van der Waals surface area contributed by atoms with Crippen LogP contribution in [0.1, 0.15) is 66.7 Å². The smallest absolute Gasteiger partial charge is 0.292 e. The molecule has 1 aliphatic carbocycles. The Balaban J connectivity index is 1.48. The fourth-order valence-corrected chi connectivity index (χ4v) is 3.25. The quantitative estimate of drug-likeness (QED) is 0.789. The molecular formula is C17H22N6O3. The minimum Gasteiger partial charge on any atom is -0.346 e. The molecule has 9 nitrogen and oxygen atoms in total. The van der Waals surface area contributed by atoms with Crippen LogP contribution in [-0.4, -0.2) is 43.5 Å². The maximum Gasteiger partial charge on any atom is 0.292 e. The predicted molar refractivity (Wildman–Crippen MR) is 91.4 cm³/mol. The van der Waals surface area contributed by atoms with Gasteiger partial charge in [0.05, 0.1) is 12.6 Å². The molecule has 2 aliphatic rings. The number of rotatable bonds is 6. The highest BCUT2D eigenvalue weighted by Crippen LogP contribution is 2.31. The minimum atomic E-state index is -0.284. The lowest BCUT2D eigenvalue weighted by Gasteiger charge is -2.20. The molecule has 3 heterocycles. The van der Waals surface area contributed by atoms with Crippen molar-refractivity contribution in [1.82, 2.24) is 30.3 Å². The van der Waals surface area contributed by atoms with Crippen LogP contribution in [0.2, 0.25) is 0 Å². The van der Waals surface area contributed by atoms with Crippen molar-refractivity contribution < 1.29 is 9.32 Å². The van der Waals surface area contributed by atoms with Gasteiger partial charge in [-0.2, -0.15) is 4.98 Å². The molecule has 0 radical (unpaired) electrons. The third-order valence-electron chi connectivity index (χ3n) is 4.76. The molecular weight excluding hydrogens is 336 g/mol. The Hall–Kier alpha value is -2.55. The Labute approximate surface area is 150 Å². The number of carbonyl (C=O) groups excluding carboxylic acids is 1. The van der Waals surface area contributed by atoms with Gasteiger partial charge in [-0.15, -0.1) is 0 Å². The summed E-state index contributed by atoms with van der Waals surface area (Å²) in [4.78, 5) is 37.5. The SMILES string of the molecule is CCc1cc(=O)[nH]c(CN2CCCC2c2nc(C(=O)NC3CC3)no2)n1. The van der Waals surface area contributed by atoms with Crippen molar-refractivity contribution in [3.8, 4) is 0 Å². The normalized spacial score (nSPS) is 20.4. The van der Waals surface area contributed by atoms with E-state index in [0.29, 0.717) is 24.7 Å². The first-order valence-electron chi connectivity index (χ1n) is 9.10. The van der Waals surface area contributed by atoms with Crippen LogP contribution in [0.5, 0.6) is 0 Å². The van der Waals surface area contributed by atoms with E-state index in [0.717, 1.165) is 37.9 Å². The molecule has 138 valence electrons. The van der Waals surface area contributed by atoms with Crippen LogP contribution in [0, 0.1) is 0 Å². The maximum absolute atomic E-state index is 12.0. The lowest BCUT2D eigenvalue weighted by molar-refractivity contribution is 0.0937. The fraction of sp³-hybridized carbons (Fsp3) is 0.588. The topological polar surface area (TPSA) is 117 Å². The van der Waals surface area contributed by atoms with Crippen molar-refractivity contribution in [1.29, 1.82) is 0 Å². The van der Waals surface area contributed by atoms with E-state index in [1.165, 1.54) is 6.07 Å². The molecule has 4 rings (SSSR count). The first kappa shape index (κ1) is 16.9. The fourth-order valence-electron chi connectivity index (χ4n) is 3.25. The van der Waals surface area contributed by atoms with Crippen LogP contribution in [0.25, 0.3) is 0 Å². The molecule has 2 fully saturated rings. The second-order valence-corrected chi connectivity index (χ2v) is 6.87. The van der Waals surface area contributed by atoms with Gasteiger partial charge in [0.2, 0.25) is 5.89 Å². The van der Waals surface area contributed by atoms with Gasteiger partial charge in [-0.1, -0.05) is 12.1 Å². The highest BCUT2D eigenvalue weighted by atomic mass is 16.5. The molecule has 1 saturated carbocycles. The number of aryl methyl sites for hydroxylation is 1. The van der Waals surface area contributed by atoms with Gasteiger partial charge in [0.1, 0.15) is 5.82 Å². The van der Waals surface area contributed by atoms with Gasteiger partial charge in [-0.3, -0.25) is 14.5 Å². The van der Waals surface area contributed by atoms with Crippen molar-refractivity contribution in [3.63, 3.8) is 0 Å². The van der Waals surface area contributed by atoms with Crippen LogP contribution >= 0.6 is 0 Å². The summed E-state index contributed by atoms with van der Waals surface area (Å²) in [5, 5.41) is 6.68. The van der Waals surface area contributed by atoms with E-state index < -0.39 is 0 Å². The van der Waals surface area contributed by atoms with Crippen LogP contribution in [0.15, 0.2) is 15.4 Å². The summed E-state index contributed by atoms with van der Waals surface area (Å²) in [5.74, 6) is 0.872. The summed E-state index contributed by atoms with van der Waals surface area (Å²) < 4.78 is 5.35.